The van der Waals surface area contributed by atoms with Crippen molar-refractivity contribution < 1.29 is 13.2 Å². The summed E-state index contributed by atoms with van der Waals surface area (Å²) in [7, 11) is 0. The Kier molecular flexibility index (Phi) is 3.50. The van der Waals surface area contributed by atoms with E-state index in [1.54, 1.807) is 16.9 Å². The first-order valence-corrected chi connectivity index (χ1v) is 5.92. The molecule has 2 rings (SSSR count). The number of nitrogens with zero attached hydrogens (tertiary/aromatic N) is 2. The zero-order chi connectivity index (χ0) is 14.0. The quantitative estimate of drug-likeness (QED) is 0.866. The molecule has 0 atom stereocenters. The van der Waals surface area contributed by atoms with E-state index in [-0.39, 0.29) is 5.69 Å². The molecule has 0 aliphatic heterocycles. The van der Waals surface area contributed by atoms with E-state index in [2.05, 4.69) is 5.10 Å². The maximum atomic E-state index is 12.6. The molecule has 0 spiro atoms. The lowest BCUT2D eigenvalue weighted by molar-refractivity contribution is -0.137. The standard InChI is InChI=1S/C13H14F3N3/c1-2-7-19-12(5-6-18-19)10-4-3-9(8-11(10)17)13(14,15)16/h3-6,8H,2,7,17H2,1H3. The van der Waals surface area contributed by atoms with Gasteiger partial charge in [0.1, 0.15) is 0 Å². The van der Waals surface area contributed by atoms with Crippen LogP contribution in [0.3, 0.4) is 0 Å². The minimum absolute atomic E-state index is 0.104. The molecule has 2 N–H and O–H groups in total. The maximum absolute atomic E-state index is 12.6. The third-order valence-corrected chi connectivity index (χ3v) is 2.81. The molecule has 2 aromatic rings. The smallest absolute Gasteiger partial charge is 0.398 e. The number of rotatable bonds is 3. The number of hydrogen-bond donors (Lipinski definition) is 1. The van der Waals surface area contributed by atoms with Gasteiger partial charge in [0.2, 0.25) is 0 Å². The first kappa shape index (κ1) is 13.5. The van der Waals surface area contributed by atoms with Crippen LogP contribution < -0.4 is 5.73 Å². The van der Waals surface area contributed by atoms with Gasteiger partial charge in [-0.2, -0.15) is 18.3 Å². The lowest BCUT2D eigenvalue weighted by Crippen LogP contribution is -2.07. The Bertz CT molecular complexity index is 573. The molecule has 0 bridgehead atoms. The number of anilines is 1. The van der Waals surface area contributed by atoms with Crippen molar-refractivity contribution in [2.45, 2.75) is 26.1 Å². The van der Waals surface area contributed by atoms with E-state index < -0.39 is 11.7 Å². The predicted octanol–water partition coefficient (Wildman–Crippen LogP) is 3.56. The van der Waals surface area contributed by atoms with E-state index >= 15 is 0 Å². The van der Waals surface area contributed by atoms with Crippen LogP contribution >= 0.6 is 0 Å². The van der Waals surface area contributed by atoms with Crippen molar-refractivity contribution >= 4 is 5.69 Å². The van der Waals surface area contributed by atoms with Gasteiger partial charge in [-0.1, -0.05) is 13.0 Å². The average Bonchev–Trinajstić information content (AvgIpc) is 2.76. The molecule has 0 fully saturated rings. The third kappa shape index (κ3) is 2.72. The molecule has 102 valence electrons. The van der Waals surface area contributed by atoms with Crippen molar-refractivity contribution in [3.63, 3.8) is 0 Å². The summed E-state index contributed by atoms with van der Waals surface area (Å²) in [6.07, 6.45) is -1.88. The van der Waals surface area contributed by atoms with Gasteiger partial charge in [-0.15, -0.1) is 0 Å². The van der Waals surface area contributed by atoms with E-state index in [9.17, 15) is 13.2 Å². The Morgan fingerprint density at radius 2 is 2.00 bits per heavy atom. The van der Waals surface area contributed by atoms with Crippen LogP contribution in [-0.4, -0.2) is 9.78 Å². The largest absolute Gasteiger partial charge is 0.416 e. The molecule has 0 unspecified atom stereocenters. The van der Waals surface area contributed by atoms with Gasteiger partial charge in [-0.3, -0.25) is 4.68 Å². The Morgan fingerprint density at radius 3 is 2.58 bits per heavy atom. The van der Waals surface area contributed by atoms with Gasteiger partial charge in [-0.05, 0) is 24.6 Å². The van der Waals surface area contributed by atoms with Gasteiger partial charge >= 0.3 is 6.18 Å². The van der Waals surface area contributed by atoms with Crippen molar-refractivity contribution in [3.05, 3.63) is 36.0 Å². The second-order valence-electron chi connectivity index (χ2n) is 4.24. The summed E-state index contributed by atoms with van der Waals surface area (Å²) in [5.74, 6) is 0. The van der Waals surface area contributed by atoms with Crippen molar-refractivity contribution in [1.82, 2.24) is 9.78 Å². The fourth-order valence-electron chi connectivity index (χ4n) is 1.92. The monoisotopic (exact) mass is 269 g/mol. The summed E-state index contributed by atoms with van der Waals surface area (Å²) < 4.78 is 39.4. The molecule has 1 aromatic carbocycles. The number of aryl methyl sites for hydroxylation is 1. The van der Waals surface area contributed by atoms with Crippen molar-refractivity contribution in [2.75, 3.05) is 5.73 Å². The molecular weight excluding hydrogens is 255 g/mol. The minimum atomic E-state index is -4.38. The number of nitrogens with two attached hydrogens (primary N) is 1. The topological polar surface area (TPSA) is 43.8 Å². The normalized spacial score (nSPS) is 11.8. The summed E-state index contributed by atoms with van der Waals surface area (Å²) in [5.41, 5.74) is 6.40. The van der Waals surface area contributed by atoms with Gasteiger partial charge in [0.25, 0.3) is 0 Å². The summed E-state index contributed by atoms with van der Waals surface area (Å²) in [6, 6.07) is 5.13. The highest BCUT2D eigenvalue weighted by molar-refractivity contribution is 5.74. The van der Waals surface area contributed by atoms with Crippen LogP contribution in [0.4, 0.5) is 18.9 Å². The molecule has 0 saturated carbocycles. The molecule has 3 nitrogen and oxygen atoms in total. The Morgan fingerprint density at radius 1 is 1.26 bits per heavy atom. The Labute approximate surface area is 108 Å². The number of benzene rings is 1. The van der Waals surface area contributed by atoms with Crippen LogP contribution in [0, 0.1) is 0 Å². The highest BCUT2D eigenvalue weighted by Gasteiger charge is 2.31. The molecule has 6 heteroatoms. The zero-order valence-corrected chi connectivity index (χ0v) is 10.4. The van der Waals surface area contributed by atoms with E-state index in [0.717, 1.165) is 24.2 Å². The zero-order valence-electron chi connectivity index (χ0n) is 10.4. The summed E-state index contributed by atoms with van der Waals surface area (Å²) in [5, 5.41) is 4.13. The summed E-state index contributed by atoms with van der Waals surface area (Å²) in [6.45, 7) is 2.70. The van der Waals surface area contributed by atoms with Gasteiger partial charge in [0, 0.05) is 24.0 Å². The maximum Gasteiger partial charge on any atom is 0.416 e. The van der Waals surface area contributed by atoms with Gasteiger partial charge in [-0.25, -0.2) is 0 Å². The van der Waals surface area contributed by atoms with E-state index in [1.807, 2.05) is 6.92 Å². The number of aromatic nitrogens is 2. The van der Waals surface area contributed by atoms with Crippen LogP contribution in [0.25, 0.3) is 11.3 Å². The Balaban J connectivity index is 2.44. The average molecular weight is 269 g/mol. The molecule has 0 aliphatic rings. The molecule has 0 amide bonds. The SMILES string of the molecule is CCCn1nccc1-c1ccc(C(F)(F)F)cc1N. The second-order valence-corrected chi connectivity index (χ2v) is 4.24. The van der Waals surface area contributed by atoms with Crippen LogP contribution in [0.1, 0.15) is 18.9 Å². The fourth-order valence-corrected chi connectivity index (χ4v) is 1.92. The third-order valence-electron chi connectivity index (χ3n) is 2.81. The van der Waals surface area contributed by atoms with Crippen molar-refractivity contribution in [3.8, 4) is 11.3 Å². The van der Waals surface area contributed by atoms with Crippen LogP contribution in [-0.2, 0) is 12.7 Å². The highest BCUT2D eigenvalue weighted by atomic mass is 19.4. The second kappa shape index (κ2) is 4.95. The van der Waals surface area contributed by atoms with Crippen molar-refractivity contribution in [1.29, 1.82) is 0 Å². The molecule has 0 aliphatic carbocycles. The van der Waals surface area contributed by atoms with Gasteiger partial charge in [0.05, 0.1) is 11.3 Å². The number of halogens is 3. The molecule has 19 heavy (non-hydrogen) atoms. The molecule has 0 saturated heterocycles. The van der Waals surface area contributed by atoms with Gasteiger partial charge < -0.3 is 5.73 Å². The van der Waals surface area contributed by atoms with E-state index in [1.165, 1.54) is 6.07 Å². The van der Waals surface area contributed by atoms with E-state index in [4.69, 9.17) is 5.73 Å². The summed E-state index contributed by atoms with van der Waals surface area (Å²) >= 11 is 0. The highest BCUT2D eigenvalue weighted by Crippen LogP contribution is 2.34. The molecule has 1 heterocycles. The number of alkyl halides is 3. The number of hydrogen-bond acceptors (Lipinski definition) is 2. The lowest BCUT2D eigenvalue weighted by Gasteiger charge is -2.12. The fraction of sp³-hybridized carbons (Fsp3) is 0.308. The van der Waals surface area contributed by atoms with E-state index in [0.29, 0.717) is 12.1 Å². The van der Waals surface area contributed by atoms with Gasteiger partial charge in [0.15, 0.2) is 0 Å². The van der Waals surface area contributed by atoms with Crippen LogP contribution in [0.2, 0.25) is 0 Å². The minimum Gasteiger partial charge on any atom is -0.398 e. The summed E-state index contributed by atoms with van der Waals surface area (Å²) in [4.78, 5) is 0. The Hall–Kier alpha value is -1.98. The predicted molar refractivity (Wildman–Crippen MR) is 67.4 cm³/mol. The molecular formula is C13H14F3N3. The molecule has 1 aromatic heterocycles. The first-order valence-electron chi connectivity index (χ1n) is 5.92. The van der Waals surface area contributed by atoms with Crippen LogP contribution in [0.5, 0.6) is 0 Å². The number of nitrogen functional groups attached to an aromatic ring is 1. The lowest BCUT2D eigenvalue weighted by atomic mass is 10.1. The van der Waals surface area contributed by atoms with Crippen LogP contribution in [0.15, 0.2) is 30.5 Å². The molecule has 0 radical (unpaired) electrons. The van der Waals surface area contributed by atoms with Crippen molar-refractivity contribution in [2.24, 2.45) is 0 Å². The first-order chi connectivity index (χ1) is 8.93.